The summed E-state index contributed by atoms with van der Waals surface area (Å²) in [5.41, 5.74) is 4.57. The van der Waals surface area contributed by atoms with Gasteiger partial charge in [-0.05, 0) is 105 Å². The zero-order chi connectivity index (χ0) is 26.3. The highest BCUT2D eigenvalue weighted by Gasteiger charge is 2.37. The van der Waals surface area contributed by atoms with Gasteiger partial charge in [0.25, 0.3) is 0 Å². The van der Waals surface area contributed by atoms with Crippen LogP contribution in [-0.4, -0.2) is 66.5 Å². The lowest BCUT2D eigenvalue weighted by atomic mass is 9.98. The van der Waals surface area contributed by atoms with Crippen LogP contribution in [0.25, 0.3) is 33.1 Å². The summed E-state index contributed by atoms with van der Waals surface area (Å²) in [6.07, 6.45) is 6.38. The predicted octanol–water partition coefficient (Wildman–Crippen LogP) is 5.10. The minimum absolute atomic E-state index is 0.241. The average Bonchev–Trinajstić information content (AvgIpc) is 3.74. The number of rotatable bonds is 9. The van der Waals surface area contributed by atoms with Crippen molar-refractivity contribution < 1.29 is 18.3 Å². The zero-order valence-electron chi connectivity index (χ0n) is 21.8. The maximum Gasteiger partial charge on any atom is 0.181 e. The summed E-state index contributed by atoms with van der Waals surface area (Å²) in [5, 5.41) is 11.1. The van der Waals surface area contributed by atoms with Crippen molar-refractivity contribution in [1.82, 2.24) is 14.9 Å². The minimum atomic E-state index is -3.28. The smallest absolute Gasteiger partial charge is 0.181 e. The summed E-state index contributed by atoms with van der Waals surface area (Å²) in [7, 11) is -3.28. The molecule has 2 N–H and O–H groups in total. The summed E-state index contributed by atoms with van der Waals surface area (Å²) in [6.45, 7) is 5.97. The monoisotopic (exact) mass is 533 g/mol. The number of hydrogen-bond donors (Lipinski definition) is 2. The third kappa shape index (κ3) is 4.93. The van der Waals surface area contributed by atoms with Crippen molar-refractivity contribution in [2.24, 2.45) is 5.92 Å². The van der Waals surface area contributed by atoms with Crippen LogP contribution in [0.4, 0.5) is 0 Å². The van der Waals surface area contributed by atoms with Gasteiger partial charge in [-0.2, -0.15) is 0 Å². The maximum absolute atomic E-state index is 12.9. The number of nitrogens with zero attached hydrogens (tertiary/aromatic N) is 2. The van der Waals surface area contributed by atoms with Crippen LogP contribution in [-0.2, 0) is 9.84 Å². The minimum Gasteiger partial charge on any atom is -0.491 e. The first-order valence-corrected chi connectivity index (χ1v) is 15.2. The van der Waals surface area contributed by atoms with Crippen LogP contribution in [0.5, 0.6) is 5.75 Å². The summed E-state index contributed by atoms with van der Waals surface area (Å²) in [4.78, 5) is 10.9. The van der Waals surface area contributed by atoms with E-state index in [0.29, 0.717) is 24.0 Å². The molecule has 200 valence electrons. The summed E-state index contributed by atoms with van der Waals surface area (Å²) in [6, 6.07) is 13.5. The van der Waals surface area contributed by atoms with Crippen LogP contribution >= 0.6 is 0 Å². The number of sulfone groups is 1. The molecule has 0 spiro atoms. The molecule has 0 unspecified atom stereocenters. The first-order valence-electron chi connectivity index (χ1n) is 13.7. The van der Waals surface area contributed by atoms with E-state index < -0.39 is 9.84 Å². The number of aliphatic hydroxyl groups is 1. The standard InChI is InChI=1S/C30H35N3O4S/c1-20-16-26-28-25(22-4-2-5-24(17-22)38(35,36)23-6-7-23)8-9-27(29(28)32-30(26)31-18-20)37-15-3-12-33-13-10-21(19-34)11-14-33/h2,4-5,8-9,16-18,21,23,34H,3,6-7,10-15,19H2,1H3,(H,31,32). The van der Waals surface area contributed by atoms with E-state index in [-0.39, 0.29) is 5.25 Å². The number of H-pyrrole nitrogens is 1. The number of ether oxygens (including phenoxy) is 1. The highest BCUT2D eigenvalue weighted by molar-refractivity contribution is 7.92. The Labute approximate surface area is 223 Å². The molecule has 3 heterocycles. The molecule has 1 saturated carbocycles. The van der Waals surface area contributed by atoms with Crippen molar-refractivity contribution in [3.8, 4) is 16.9 Å². The van der Waals surface area contributed by atoms with E-state index in [2.05, 4.69) is 20.9 Å². The Kier molecular flexibility index (Phi) is 6.88. The van der Waals surface area contributed by atoms with Crippen molar-refractivity contribution in [2.45, 2.75) is 49.2 Å². The van der Waals surface area contributed by atoms with Crippen LogP contribution < -0.4 is 4.74 Å². The Bertz CT molecular complexity index is 1570. The fraction of sp³-hybridized carbons (Fsp3) is 0.433. The number of pyridine rings is 1. The van der Waals surface area contributed by atoms with Crippen molar-refractivity contribution in [1.29, 1.82) is 0 Å². The molecule has 2 aromatic heterocycles. The van der Waals surface area contributed by atoms with E-state index in [1.807, 2.05) is 43.5 Å². The van der Waals surface area contributed by atoms with Crippen LogP contribution in [0.1, 0.15) is 37.7 Å². The molecule has 0 radical (unpaired) electrons. The third-order valence-electron chi connectivity index (χ3n) is 7.98. The summed E-state index contributed by atoms with van der Waals surface area (Å²) in [5.74, 6) is 1.23. The molecule has 2 fully saturated rings. The number of likely N-dealkylation sites (tertiary alicyclic amines) is 1. The molecule has 1 aliphatic heterocycles. The Hall–Kier alpha value is -2.94. The Morgan fingerprint density at radius 1 is 1.11 bits per heavy atom. The number of aromatic nitrogens is 2. The normalized spacial score (nSPS) is 17.4. The second-order valence-electron chi connectivity index (χ2n) is 10.8. The fourth-order valence-electron chi connectivity index (χ4n) is 5.60. The lowest BCUT2D eigenvalue weighted by Gasteiger charge is -2.30. The fourth-order valence-corrected chi connectivity index (χ4v) is 7.30. The number of aliphatic hydroxyl groups excluding tert-OH is 1. The molecule has 4 aromatic rings. The van der Waals surface area contributed by atoms with E-state index in [9.17, 15) is 13.5 Å². The van der Waals surface area contributed by atoms with Crippen LogP contribution in [0, 0.1) is 12.8 Å². The molecule has 0 amide bonds. The number of fused-ring (bicyclic) bond motifs is 3. The molecule has 2 aliphatic rings. The van der Waals surface area contributed by atoms with Gasteiger partial charge >= 0.3 is 0 Å². The van der Waals surface area contributed by atoms with Gasteiger partial charge < -0.3 is 19.7 Å². The van der Waals surface area contributed by atoms with Gasteiger partial charge in [0.15, 0.2) is 9.84 Å². The van der Waals surface area contributed by atoms with Gasteiger partial charge in [-0.1, -0.05) is 12.1 Å². The molecule has 0 bridgehead atoms. The average molecular weight is 534 g/mol. The van der Waals surface area contributed by atoms with Crippen LogP contribution in [0.3, 0.4) is 0 Å². The van der Waals surface area contributed by atoms with E-state index in [1.54, 1.807) is 6.07 Å². The molecular formula is C30H35N3O4S. The van der Waals surface area contributed by atoms with E-state index >= 15 is 0 Å². The van der Waals surface area contributed by atoms with Gasteiger partial charge in [0.1, 0.15) is 11.4 Å². The first-order chi connectivity index (χ1) is 18.4. The largest absolute Gasteiger partial charge is 0.491 e. The van der Waals surface area contributed by atoms with Gasteiger partial charge in [0.05, 0.1) is 22.3 Å². The van der Waals surface area contributed by atoms with Gasteiger partial charge in [-0.25, -0.2) is 13.4 Å². The van der Waals surface area contributed by atoms with Crippen molar-refractivity contribution in [3.63, 3.8) is 0 Å². The molecule has 38 heavy (non-hydrogen) atoms. The first kappa shape index (κ1) is 25.3. The van der Waals surface area contributed by atoms with Crippen molar-refractivity contribution >= 4 is 31.8 Å². The number of piperidine rings is 1. The molecule has 7 nitrogen and oxygen atoms in total. The number of aromatic amines is 1. The topological polar surface area (TPSA) is 95.5 Å². The van der Waals surface area contributed by atoms with Crippen LogP contribution in [0.2, 0.25) is 0 Å². The molecular weight excluding hydrogens is 498 g/mol. The third-order valence-corrected chi connectivity index (χ3v) is 10.2. The van der Waals surface area contributed by atoms with Crippen molar-refractivity contribution in [2.75, 3.05) is 32.8 Å². The van der Waals surface area contributed by atoms with Gasteiger partial charge in [0.2, 0.25) is 0 Å². The maximum atomic E-state index is 12.9. The van der Waals surface area contributed by atoms with E-state index in [0.717, 1.165) is 96.1 Å². The quantitative estimate of drug-likeness (QED) is 0.291. The molecule has 6 rings (SSSR count). The number of benzene rings is 2. The number of aryl methyl sites for hydroxylation is 1. The summed E-state index contributed by atoms with van der Waals surface area (Å²) >= 11 is 0. The van der Waals surface area contributed by atoms with Crippen LogP contribution in [0.15, 0.2) is 53.6 Å². The van der Waals surface area contributed by atoms with Crippen molar-refractivity contribution in [3.05, 3.63) is 54.2 Å². The van der Waals surface area contributed by atoms with E-state index in [1.165, 1.54) is 0 Å². The second kappa shape index (κ2) is 10.3. The Morgan fingerprint density at radius 3 is 2.68 bits per heavy atom. The molecule has 0 atom stereocenters. The summed E-state index contributed by atoms with van der Waals surface area (Å²) < 4.78 is 32.2. The highest BCUT2D eigenvalue weighted by Crippen LogP contribution is 2.40. The SMILES string of the molecule is Cc1cnc2[nH]c3c(OCCCN4CCC(CO)CC4)ccc(-c4cccc(S(=O)(=O)C5CC5)c4)c3c2c1. The Balaban J connectivity index is 1.29. The van der Waals surface area contributed by atoms with Gasteiger partial charge in [-0.15, -0.1) is 0 Å². The zero-order valence-corrected chi connectivity index (χ0v) is 22.6. The van der Waals surface area contributed by atoms with E-state index in [4.69, 9.17) is 4.74 Å². The predicted molar refractivity (Wildman–Crippen MR) is 150 cm³/mol. The number of hydrogen-bond acceptors (Lipinski definition) is 6. The lowest BCUT2D eigenvalue weighted by molar-refractivity contribution is 0.126. The highest BCUT2D eigenvalue weighted by atomic mass is 32.2. The molecule has 2 aromatic carbocycles. The molecule has 8 heteroatoms. The molecule has 1 aliphatic carbocycles. The second-order valence-corrected chi connectivity index (χ2v) is 13.1. The molecule has 1 saturated heterocycles. The van der Waals surface area contributed by atoms with Gasteiger partial charge in [0, 0.05) is 30.1 Å². The van der Waals surface area contributed by atoms with Gasteiger partial charge in [-0.3, -0.25) is 0 Å². The Morgan fingerprint density at radius 2 is 1.92 bits per heavy atom. The lowest BCUT2D eigenvalue weighted by Crippen LogP contribution is -2.35. The number of nitrogens with one attached hydrogen (secondary N) is 1.